The van der Waals surface area contributed by atoms with E-state index in [1.807, 2.05) is 6.92 Å². The van der Waals surface area contributed by atoms with E-state index < -0.39 is 5.82 Å². The van der Waals surface area contributed by atoms with E-state index in [0.717, 1.165) is 6.20 Å². The summed E-state index contributed by atoms with van der Waals surface area (Å²) in [7, 11) is 1.78. The fourth-order valence-corrected chi connectivity index (χ4v) is 1.03. The molecule has 0 spiro atoms. The van der Waals surface area contributed by atoms with Gasteiger partial charge in [-0.2, -0.15) is 0 Å². The van der Waals surface area contributed by atoms with E-state index >= 15 is 0 Å². The molecule has 0 aliphatic rings. The Hall–Kier alpha value is -1.45. The minimum Gasteiger partial charge on any atom is -0.373 e. The van der Waals surface area contributed by atoms with Gasteiger partial charge in [0.2, 0.25) is 0 Å². The molecule has 0 N–H and O–H groups in total. The summed E-state index contributed by atoms with van der Waals surface area (Å²) in [6.07, 6.45) is 3.03. The first-order valence-electron chi connectivity index (χ1n) is 4.00. The van der Waals surface area contributed by atoms with Gasteiger partial charge in [-0.1, -0.05) is 0 Å². The largest absolute Gasteiger partial charge is 0.373 e. The Morgan fingerprint density at radius 2 is 2.31 bits per heavy atom. The number of carbonyl (C=O) groups is 1. The highest BCUT2D eigenvalue weighted by Gasteiger charge is 2.10. The Balaban J connectivity index is 3.19. The molecule has 4 heteroatoms. The van der Waals surface area contributed by atoms with Crippen LogP contribution in [-0.2, 0) is 0 Å². The van der Waals surface area contributed by atoms with Crippen molar-refractivity contribution < 1.29 is 9.18 Å². The predicted molar refractivity (Wildman–Crippen MR) is 48.5 cm³/mol. The van der Waals surface area contributed by atoms with Crippen molar-refractivity contribution in [3.8, 4) is 0 Å². The highest BCUT2D eigenvalue weighted by Crippen LogP contribution is 2.18. The van der Waals surface area contributed by atoms with Crippen LogP contribution in [0.3, 0.4) is 0 Å². The zero-order chi connectivity index (χ0) is 9.84. The minimum atomic E-state index is -0.576. The lowest BCUT2D eigenvalue weighted by atomic mass is 10.2. The van der Waals surface area contributed by atoms with Gasteiger partial charge in [0, 0.05) is 13.6 Å². The van der Waals surface area contributed by atoms with Gasteiger partial charge in [-0.15, -0.1) is 0 Å². The molecule has 0 aliphatic heterocycles. The van der Waals surface area contributed by atoms with E-state index in [0.29, 0.717) is 18.5 Å². The van der Waals surface area contributed by atoms with Crippen LogP contribution in [0.15, 0.2) is 12.4 Å². The first-order chi connectivity index (χ1) is 6.20. The number of carbonyl (C=O) groups excluding carboxylic acids is 1. The third-order valence-corrected chi connectivity index (χ3v) is 1.92. The number of anilines is 1. The first kappa shape index (κ1) is 9.64. The SMILES string of the molecule is CCN(C)c1cncc(F)c1C=O. The van der Waals surface area contributed by atoms with Crippen molar-refractivity contribution in [3.63, 3.8) is 0 Å². The van der Waals surface area contributed by atoms with Gasteiger partial charge >= 0.3 is 0 Å². The maximum atomic E-state index is 13.0. The predicted octanol–water partition coefficient (Wildman–Crippen LogP) is 1.49. The quantitative estimate of drug-likeness (QED) is 0.664. The van der Waals surface area contributed by atoms with Crippen molar-refractivity contribution >= 4 is 12.0 Å². The van der Waals surface area contributed by atoms with Crippen LogP contribution in [0.25, 0.3) is 0 Å². The van der Waals surface area contributed by atoms with Crippen molar-refractivity contribution in [1.82, 2.24) is 4.98 Å². The number of nitrogens with zero attached hydrogens (tertiary/aromatic N) is 2. The number of hydrogen-bond acceptors (Lipinski definition) is 3. The zero-order valence-corrected chi connectivity index (χ0v) is 7.62. The summed E-state index contributed by atoms with van der Waals surface area (Å²) in [6, 6.07) is 0. The Kier molecular flexibility index (Phi) is 2.95. The lowest BCUT2D eigenvalue weighted by Crippen LogP contribution is -2.18. The summed E-state index contributed by atoms with van der Waals surface area (Å²) in [6.45, 7) is 2.62. The van der Waals surface area contributed by atoms with Crippen LogP contribution in [-0.4, -0.2) is 24.9 Å². The Bertz CT molecular complexity index is 314. The summed E-state index contributed by atoms with van der Waals surface area (Å²) in [4.78, 5) is 16.0. The van der Waals surface area contributed by atoms with Crippen molar-refractivity contribution in [2.24, 2.45) is 0 Å². The molecular weight excluding hydrogens is 171 g/mol. The summed E-state index contributed by atoms with van der Waals surface area (Å²) in [5, 5.41) is 0. The second kappa shape index (κ2) is 3.98. The maximum Gasteiger partial charge on any atom is 0.155 e. The highest BCUT2D eigenvalue weighted by molar-refractivity contribution is 5.84. The summed E-state index contributed by atoms with van der Waals surface area (Å²) >= 11 is 0. The van der Waals surface area contributed by atoms with Crippen molar-refractivity contribution in [3.05, 3.63) is 23.8 Å². The fourth-order valence-electron chi connectivity index (χ4n) is 1.03. The van der Waals surface area contributed by atoms with E-state index in [1.165, 1.54) is 6.20 Å². The third kappa shape index (κ3) is 1.83. The number of hydrogen-bond donors (Lipinski definition) is 0. The van der Waals surface area contributed by atoms with Crippen molar-refractivity contribution in [1.29, 1.82) is 0 Å². The number of aromatic nitrogens is 1. The Labute approximate surface area is 76.2 Å². The zero-order valence-electron chi connectivity index (χ0n) is 7.62. The molecule has 0 atom stereocenters. The molecule has 0 fully saturated rings. The van der Waals surface area contributed by atoms with Crippen molar-refractivity contribution in [2.45, 2.75) is 6.92 Å². The van der Waals surface area contributed by atoms with E-state index in [9.17, 15) is 9.18 Å². The van der Waals surface area contributed by atoms with Crippen LogP contribution in [0.4, 0.5) is 10.1 Å². The average Bonchev–Trinajstić information content (AvgIpc) is 2.16. The normalized spacial score (nSPS) is 9.77. The molecule has 1 heterocycles. The second-order valence-electron chi connectivity index (χ2n) is 2.69. The monoisotopic (exact) mass is 182 g/mol. The lowest BCUT2D eigenvalue weighted by Gasteiger charge is -2.17. The number of halogens is 1. The molecule has 1 rings (SSSR count). The van der Waals surface area contributed by atoms with Crippen LogP contribution < -0.4 is 4.90 Å². The minimum absolute atomic E-state index is 0.0688. The second-order valence-corrected chi connectivity index (χ2v) is 2.69. The fraction of sp³-hybridized carbons (Fsp3) is 0.333. The molecule has 3 nitrogen and oxygen atoms in total. The van der Waals surface area contributed by atoms with E-state index in [-0.39, 0.29) is 5.56 Å². The summed E-state index contributed by atoms with van der Waals surface area (Å²) < 4.78 is 13.0. The molecule has 70 valence electrons. The van der Waals surface area contributed by atoms with Crippen LogP contribution in [0.1, 0.15) is 17.3 Å². The van der Waals surface area contributed by atoms with Crippen molar-refractivity contribution in [2.75, 3.05) is 18.5 Å². The molecule has 0 bridgehead atoms. The smallest absolute Gasteiger partial charge is 0.155 e. The molecule has 1 aromatic heterocycles. The topological polar surface area (TPSA) is 33.2 Å². The van der Waals surface area contributed by atoms with Gasteiger partial charge < -0.3 is 4.90 Å². The lowest BCUT2D eigenvalue weighted by molar-refractivity contribution is 0.112. The Morgan fingerprint density at radius 1 is 1.62 bits per heavy atom. The van der Waals surface area contributed by atoms with Gasteiger partial charge in [-0.25, -0.2) is 4.39 Å². The number of aldehydes is 1. The summed E-state index contributed by atoms with van der Waals surface area (Å²) in [5.74, 6) is -0.576. The van der Waals surface area contributed by atoms with Gasteiger partial charge in [-0.05, 0) is 6.92 Å². The van der Waals surface area contributed by atoms with Crippen LogP contribution in [0.2, 0.25) is 0 Å². The van der Waals surface area contributed by atoms with Gasteiger partial charge in [0.05, 0.1) is 23.6 Å². The van der Waals surface area contributed by atoms with Gasteiger partial charge in [-0.3, -0.25) is 9.78 Å². The molecule has 0 saturated carbocycles. The van der Waals surface area contributed by atoms with E-state index in [4.69, 9.17) is 0 Å². The molecule has 0 saturated heterocycles. The molecule has 13 heavy (non-hydrogen) atoms. The number of pyridine rings is 1. The molecule has 0 radical (unpaired) electrons. The molecule has 0 aliphatic carbocycles. The van der Waals surface area contributed by atoms with Crippen LogP contribution in [0.5, 0.6) is 0 Å². The molecule has 1 aromatic rings. The highest BCUT2D eigenvalue weighted by atomic mass is 19.1. The number of rotatable bonds is 3. The Morgan fingerprint density at radius 3 is 2.85 bits per heavy atom. The molecule has 0 aromatic carbocycles. The maximum absolute atomic E-state index is 13.0. The average molecular weight is 182 g/mol. The van der Waals surface area contributed by atoms with E-state index in [1.54, 1.807) is 11.9 Å². The van der Waals surface area contributed by atoms with Gasteiger partial charge in [0.25, 0.3) is 0 Å². The van der Waals surface area contributed by atoms with Crippen LogP contribution >= 0.6 is 0 Å². The standard InChI is InChI=1S/C9H11FN2O/c1-3-12(2)9-5-11-4-8(10)7(9)6-13/h4-6H,3H2,1-2H3. The third-order valence-electron chi connectivity index (χ3n) is 1.92. The van der Waals surface area contributed by atoms with E-state index in [2.05, 4.69) is 4.98 Å². The molecular formula is C9H11FN2O. The van der Waals surface area contributed by atoms with Gasteiger partial charge in [0.1, 0.15) is 0 Å². The van der Waals surface area contributed by atoms with Gasteiger partial charge in [0.15, 0.2) is 12.1 Å². The van der Waals surface area contributed by atoms with Crippen LogP contribution in [0, 0.1) is 5.82 Å². The molecule has 0 amide bonds. The summed E-state index contributed by atoms with van der Waals surface area (Å²) in [5.41, 5.74) is 0.594. The first-order valence-corrected chi connectivity index (χ1v) is 4.00. The molecule has 0 unspecified atom stereocenters.